The molecule has 128 valence electrons. The molecule has 4 heteroatoms. The molecule has 0 atom stereocenters. The summed E-state index contributed by atoms with van der Waals surface area (Å²) in [5.41, 5.74) is 4.98. The lowest BCUT2D eigenvalue weighted by atomic mass is 10.0. The van der Waals surface area contributed by atoms with E-state index in [1.807, 2.05) is 6.20 Å². The summed E-state index contributed by atoms with van der Waals surface area (Å²) in [6, 6.07) is 12.8. The summed E-state index contributed by atoms with van der Waals surface area (Å²) >= 11 is 0. The first-order chi connectivity index (χ1) is 11.7. The van der Waals surface area contributed by atoms with Crippen LogP contribution in [0.2, 0.25) is 0 Å². The van der Waals surface area contributed by atoms with Crippen molar-refractivity contribution < 1.29 is 5.11 Å². The molecule has 24 heavy (non-hydrogen) atoms. The van der Waals surface area contributed by atoms with Crippen LogP contribution in [0, 0.1) is 6.92 Å². The number of aliphatic hydroxyl groups is 1. The Labute approximate surface area is 144 Å². The van der Waals surface area contributed by atoms with Gasteiger partial charge in [0.25, 0.3) is 0 Å². The van der Waals surface area contributed by atoms with Gasteiger partial charge < -0.3 is 10.4 Å². The maximum absolute atomic E-state index is 9.65. The number of nitrogens with one attached hydrogen (secondary N) is 1. The Morgan fingerprint density at radius 3 is 2.54 bits per heavy atom. The highest BCUT2D eigenvalue weighted by atomic mass is 16.3. The number of hydrogen-bond donors (Lipinski definition) is 2. The number of aliphatic hydroxyl groups excluding tert-OH is 1. The van der Waals surface area contributed by atoms with Gasteiger partial charge in [-0.15, -0.1) is 0 Å². The van der Waals surface area contributed by atoms with E-state index in [-0.39, 0.29) is 6.10 Å². The van der Waals surface area contributed by atoms with Crippen molar-refractivity contribution in [2.24, 2.45) is 0 Å². The van der Waals surface area contributed by atoms with Crippen molar-refractivity contribution in [1.82, 2.24) is 15.2 Å². The normalized spacial score (nSPS) is 16.4. The molecular weight excluding hydrogens is 298 g/mol. The lowest BCUT2D eigenvalue weighted by molar-refractivity contribution is 0.0791. The number of hydrogen-bond acceptors (Lipinski definition) is 4. The molecule has 0 saturated carbocycles. The van der Waals surface area contributed by atoms with Crippen LogP contribution < -0.4 is 5.32 Å². The minimum absolute atomic E-state index is 0.111. The Balaban J connectivity index is 1.54. The number of aromatic nitrogens is 1. The van der Waals surface area contributed by atoms with Gasteiger partial charge in [-0.1, -0.05) is 30.3 Å². The van der Waals surface area contributed by atoms with Crippen molar-refractivity contribution in [2.75, 3.05) is 13.1 Å². The van der Waals surface area contributed by atoms with Gasteiger partial charge >= 0.3 is 0 Å². The van der Waals surface area contributed by atoms with E-state index in [2.05, 4.69) is 58.5 Å². The third-order valence-corrected chi connectivity index (χ3v) is 4.66. The molecule has 1 fully saturated rings. The topological polar surface area (TPSA) is 48.4 Å². The highest BCUT2D eigenvalue weighted by Gasteiger charge is 2.17. The Bertz CT molecular complexity index is 634. The number of aryl methyl sites for hydroxylation is 1. The van der Waals surface area contributed by atoms with Crippen LogP contribution in [-0.4, -0.2) is 34.2 Å². The molecule has 0 unspecified atom stereocenters. The van der Waals surface area contributed by atoms with Crippen LogP contribution in [0.1, 0.15) is 35.2 Å². The SMILES string of the molecule is Cc1ccc(CNCc2ccccc2CN2CCC(O)CC2)nc1. The number of nitrogens with zero attached hydrogens (tertiary/aromatic N) is 2. The molecule has 0 bridgehead atoms. The second-order valence-electron chi connectivity index (χ2n) is 6.71. The van der Waals surface area contributed by atoms with Crippen LogP contribution in [0.25, 0.3) is 0 Å². The molecule has 0 spiro atoms. The summed E-state index contributed by atoms with van der Waals surface area (Å²) < 4.78 is 0. The van der Waals surface area contributed by atoms with Crippen molar-refractivity contribution in [2.45, 2.75) is 45.5 Å². The van der Waals surface area contributed by atoms with E-state index in [1.165, 1.54) is 16.7 Å². The van der Waals surface area contributed by atoms with E-state index in [0.29, 0.717) is 0 Å². The van der Waals surface area contributed by atoms with E-state index in [9.17, 15) is 5.11 Å². The standard InChI is InChI=1S/C20H27N3O/c1-16-6-7-19(22-12-16)14-21-13-17-4-2-3-5-18(17)15-23-10-8-20(24)9-11-23/h2-7,12,20-21,24H,8-11,13-15H2,1H3. The van der Waals surface area contributed by atoms with Gasteiger partial charge in [0.05, 0.1) is 11.8 Å². The van der Waals surface area contributed by atoms with Gasteiger partial charge in [0, 0.05) is 38.9 Å². The Kier molecular flexibility index (Phi) is 5.96. The predicted octanol–water partition coefficient (Wildman–Crippen LogP) is 2.64. The second-order valence-corrected chi connectivity index (χ2v) is 6.71. The van der Waals surface area contributed by atoms with E-state index in [1.54, 1.807) is 0 Å². The van der Waals surface area contributed by atoms with Crippen LogP contribution in [0.5, 0.6) is 0 Å². The summed E-state index contributed by atoms with van der Waals surface area (Å²) in [5, 5.41) is 13.1. The maximum Gasteiger partial charge on any atom is 0.0564 e. The minimum Gasteiger partial charge on any atom is -0.393 e. The van der Waals surface area contributed by atoms with Gasteiger partial charge in [0.1, 0.15) is 0 Å². The van der Waals surface area contributed by atoms with E-state index in [0.717, 1.165) is 51.3 Å². The third kappa shape index (κ3) is 4.87. The molecule has 4 nitrogen and oxygen atoms in total. The number of rotatable bonds is 6. The summed E-state index contributed by atoms with van der Waals surface area (Å²) in [7, 11) is 0. The molecule has 1 aromatic heterocycles. The summed E-state index contributed by atoms with van der Waals surface area (Å²) in [5.74, 6) is 0. The first-order valence-electron chi connectivity index (χ1n) is 8.80. The van der Waals surface area contributed by atoms with Gasteiger partial charge in [0.15, 0.2) is 0 Å². The lowest BCUT2D eigenvalue weighted by Crippen LogP contribution is -2.35. The van der Waals surface area contributed by atoms with Gasteiger partial charge in [0.2, 0.25) is 0 Å². The fourth-order valence-electron chi connectivity index (χ4n) is 3.13. The van der Waals surface area contributed by atoms with Crippen molar-refractivity contribution in [1.29, 1.82) is 0 Å². The molecule has 3 rings (SSSR count). The molecule has 0 radical (unpaired) electrons. The van der Waals surface area contributed by atoms with E-state index in [4.69, 9.17) is 0 Å². The van der Waals surface area contributed by atoms with Gasteiger partial charge in [-0.25, -0.2) is 0 Å². The zero-order valence-electron chi connectivity index (χ0n) is 14.4. The number of pyridine rings is 1. The zero-order valence-corrected chi connectivity index (χ0v) is 14.4. The van der Waals surface area contributed by atoms with Crippen LogP contribution in [0.4, 0.5) is 0 Å². The smallest absolute Gasteiger partial charge is 0.0564 e. The third-order valence-electron chi connectivity index (χ3n) is 4.66. The molecule has 1 saturated heterocycles. The van der Waals surface area contributed by atoms with Crippen molar-refractivity contribution in [3.8, 4) is 0 Å². The molecule has 1 aliphatic heterocycles. The highest BCUT2D eigenvalue weighted by molar-refractivity contribution is 5.27. The lowest BCUT2D eigenvalue weighted by Gasteiger charge is -2.30. The first-order valence-corrected chi connectivity index (χ1v) is 8.80. The molecular formula is C20H27N3O. The molecule has 2 heterocycles. The van der Waals surface area contributed by atoms with Crippen LogP contribution in [0.3, 0.4) is 0 Å². The average molecular weight is 325 g/mol. The monoisotopic (exact) mass is 325 g/mol. The predicted molar refractivity (Wildman–Crippen MR) is 96.5 cm³/mol. The fraction of sp³-hybridized carbons (Fsp3) is 0.450. The Morgan fingerprint density at radius 1 is 1.08 bits per heavy atom. The van der Waals surface area contributed by atoms with Crippen LogP contribution in [-0.2, 0) is 19.6 Å². The van der Waals surface area contributed by atoms with Crippen molar-refractivity contribution >= 4 is 0 Å². The quantitative estimate of drug-likeness (QED) is 0.857. The Hall–Kier alpha value is -1.75. The van der Waals surface area contributed by atoms with Gasteiger partial charge in [-0.3, -0.25) is 9.88 Å². The highest BCUT2D eigenvalue weighted by Crippen LogP contribution is 2.16. The van der Waals surface area contributed by atoms with Crippen LogP contribution in [0.15, 0.2) is 42.6 Å². The Morgan fingerprint density at radius 2 is 1.83 bits per heavy atom. The largest absolute Gasteiger partial charge is 0.393 e. The molecule has 1 aliphatic rings. The number of likely N-dealkylation sites (tertiary alicyclic amines) is 1. The fourth-order valence-corrected chi connectivity index (χ4v) is 3.13. The molecule has 0 aliphatic carbocycles. The van der Waals surface area contributed by atoms with E-state index < -0.39 is 0 Å². The van der Waals surface area contributed by atoms with Crippen molar-refractivity contribution in [3.05, 3.63) is 65.0 Å². The molecule has 1 aromatic carbocycles. The van der Waals surface area contributed by atoms with Crippen molar-refractivity contribution in [3.63, 3.8) is 0 Å². The minimum atomic E-state index is -0.111. The molecule has 2 aromatic rings. The second kappa shape index (κ2) is 8.38. The molecule has 0 amide bonds. The van der Waals surface area contributed by atoms with Gasteiger partial charge in [-0.05, 0) is 42.5 Å². The van der Waals surface area contributed by atoms with Gasteiger partial charge in [-0.2, -0.15) is 0 Å². The summed E-state index contributed by atoms with van der Waals surface area (Å²) in [4.78, 5) is 6.88. The average Bonchev–Trinajstić information content (AvgIpc) is 2.60. The maximum atomic E-state index is 9.65. The first kappa shape index (κ1) is 17.1. The number of piperidine rings is 1. The molecule has 2 N–H and O–H groups in total. The van der Waals surface area contributed by atoms with E-state index >= 15 is 0 Å². The summed E-state index contributed by atoms with van der Waals surface area (Å²) in [6.07, 6.45) is 3.58. The summed E-state index contributed by atoms with van der Waals surface area (Å²) in [6.45, 7) is 6.62. The van der Waals surface area contributed by atoms with Crippen LogP contribution >= 0.6 is 0 Å². The zero-order chi connectivity index (χ0) is 16.8. The number of benzene rings is 1.